The second-order valence-electron chi connectivity index (χ2n) is 9.74. The number of hydrogen-bond acceptors (Lipinski definition) is 4. The summed E-state index contributed by atoms with van der Waals surface area (Å²) in [6.45, 7) is 0. The molecular weight excluding hydrogens is 488 g/mol. The monoisotopic (exact) mass is 522 g/mol. The first kappa shape index (κ1) is 27.6. The third-order valence-corrected chi connectivity index (χ3v) is 7.13. The summed E-state index contributed by atoms with van der Waals surface area (Å²) in [5.41, 5.74) is 17.2. The van der Waals surface area contributed by atoms with E-state index in [0.717, 1.165) is 16.7 Å². The van der Waals surface area contributed by atoms with Crippen LogP contribution in [0.1, 0.15) is 54.5 Å². The minimum Gasteiger partial charge on any atom is -0.481 e. The Morgan fingerprint density at radius 2 is 1.44 bits per heavy atom. The first-order valence-electron chi connectivity index (χ1n) is 13.3. The van der Waals surface area contributed by atoms with Crippen molar-refractivity contribution < 1.29 is 9.90 Å². The quantitative estimate of drug-likeness (QED) is 0.122. The zero-order chi connectivity index (χ0) is 27.5. The lowest BCUT2D eigenvalue weighted by Gasteiger charge is -2.37. The van der Waals surface area contributed by atoms with E-state index < -0.39 is 17.6 Å². The highest BCUT2D eigenvalue weighted by Crippen LogP contribution is 2.40. The maximum Gasteiger partial charge on any atom is 0.312 e. The lowest BCUT2D eigenvalue weighted by Crippen LogP contribution is -2.37. The number of aromatic nitrogens is 2. The molecule has 8 nitrogen and oxygen atoms in total. The van der Waals surface area contributed by atoms with E-state index in [1.807, 2.05) is 65.4 Å². The Hall–Kier alpha value is -4.39. The number of benzene rings is 3. The fraction of sp³-hybridized carbons (Fsp3) is 0.290. The molecule has 3 N–H and O–H groups in total. The molecule has 1 atom stereocenters. The number of nitrogens with zero attached hydrogens (tertiary/aromatic N) is 5. The number of hydrogen-bond donors (Lipinski definition) is 2. The first-order valence-corrected chi connectivity index (χ1v) is 13.3. The van der Waals surface area contributed by atoms with E-state index in [1.165, 1.54) is 32.1 Å². The van der Waals surface area contributed by atoms with Crippen LogP contribution in [0.25, 0.3) is 10.4 Å². The number of azide groups is 1. The number of carboxylic acid groups (broad SMARTS) is 1. The van der Waals surface area contributed by atoms with E-state index in [9.17, 15) is 9.90 Å². The zero-order valence-corrected chi connectivity index (χ0v) is 21.9. The summed E-state index contributed by atoms with van der Waals surface area (Å²) in [6.07, 6.45) is 10.2. The predicted octanol–water partition coefficient (Wildman–Crippen LogP) is 6.31. The number of aliphatic carboxylic acids is 1. The van der Waals surface area contributed by atoms with Crippen molar-refractivity contribution in [2.75, 3.05) is 0 Å². The van der Waals surface area contributed by atoms with Crippen LogP contribution in [-0.4, -0.2) is 32.7 Å². The van der Waals surface area contributed by atoms with Gasteiger partial charge in [0.15, 0.2) is 0 Å². The van der Waals surface area contributed by atoms with Gasteiger partial charge in [0.1, 0.15) is 11.6 Å². The molecule has 0 aliphatic heterocycles. The average molecular weight is 523 g/mol. The second-order valence-corrected chi connectivity index (χ2v) is 9.74. The summed E-state index contributed by atoms with van der Waals surface area (Å²) in [7, 11) is 0. The highest BCUT2D eigenvalue weighted by Gasteiger charge is 2.38. The molecule has 5 rings (SSSR count). The highest BCUT2D eigenvalue weighted by molar-refractivity contribution is 5.74. The Kier molecular flexibility index (Phi) is 9.51. The maximum atomic E-state index is 11.5. The van der Waals surface area contributed by atoms with Gasteiger partial charge >= 0.3 is 5.97 Å². The van der Waals surface area contributed by atoms with Crippen LogP contribution in [-0.2, 0) is 16.8 Å². The molecule has 1 aliphatic carbocycles. The van der Waals surface area contributed by atoms with Crippen LogP contribution in [0.5, 0.6) is 0 Å². The van der Waals surface area contributed by atoms with Gasteiger partial charge < -0.3 is 15.4 Å². The molecule has 4 aromatic rings. The number of carbonyl (C=O) groups is 1. The SMILES string of the molecule is NC1CCCCC1.[N-]=[N+]=N[C@H](Cc1cn(C(c2ccccc2)(c2ccccc2)c2ccccc2)cn1)C(=O)O. The molecule has 8 heteroatoms. The van der Waals surface area contributed by atoms with Gasteiger partial charge in [-0.3, -0.25) is 4.79 Å². The Labute approximate surface area is 228 Å². The van der Waals surface area contributed by atoms with Gasteiger partial charge in [-0.25, -0.2) is 4.98 Å². The van der Waals surface area contributed by atoms with Crippen molar-refractivity contribution in [2.45, 2.75) is 56.1 Å². The predicted molar refractivity (Wildman–Crippen MR) is 152 cm³/mol. The fourth-order valence-electron chi connectivity index (χ4n) is 5.21. The van der Waals surface area contributed by atoms with Crippen molar-refractivity contribution in [2.24, 2.45) is 10.8 Å². The maximum absolute atomic E-state index is 11.5. The van der Waals surface area contributed by atoms with E-state index in [0.29, 0.717) is 11.7 Å². The molecule has 39 heavy (non-hydrogen) atoms. The highest BCUT2D eigenvalue weighted by atomic mass is 16.4. The van der Waals surface area contributed by atoms with Gasteiger partial charge in [0.05, 0.1) is 12.0 Å². The Balaban J connectivity index is 0.000000438. The van der Waals surface area contributed by atoms with Crippen molar-refractivity contribution in [1.82, 2.24) is 9.55 Å². The van der Waals surface area contributed by atoms with Gasteiger partial charge in [-0.05, 0) is 35.1 Å². The largest absolute Gasteiger partial charge is 0.481 e. The Morgan fingerprint density at radius 3 is 1.82 bits per heavy atom. The molecule has 200 valence electrons. The van der Waals surface area contributed by atoms with Crippen molar-refractivity contribution in [3.05, 3.63) is 136 Å². The number of carboxylic acids is 1. The van der Waals surface area contributed by atoms with E-state index in [-0.39, 0.29) is 6.42 Å². The standard InChI is InChI=1S/C25H21N5O2.C6H13N/c26-29-28-23(24(31)32)16-22-17-30(18-27-22)25(19-10-4-1-5-11-19,20-12-6-2-7-13-20)21-14-8-3-9-15-21;7-6-4-2-1-3-5-6/h1-15,17-18,23H,16H2,(H,31,32);6H,1-5,7H2/t23-;/m1./s1. The van der Waals surface area contributed by atoms with E-state index in [4.69, 9.17) is 11.3 Å². The van der Waals surface area contributed by atoms with Gasteiger partial charge in [-0.1, -0.05) is 115 Å². The summed E-state index contributed by atoms with van der Waals surface area (Å²) < 4.78 is 2.00. The molecule has 0 spiro atoms. The van der Waals surface area contributed by atoms with Gasteiger partial charge in [-0.2, -0.15) is 0 Å². The van der Waals surface area contributed by atoms with Gasteiger partial charge in [0, 0.05) is 23.6 Å². The average Bonchev–Trinajstić information content (AvgIpc) is 3.44. The summed E-state index contributed by atoms with van der Waals surface area (Å²) in [6, 6.07) is 29.6. The molecular formula is C31H34N6O2. The molecule has 0 saturated heterocycles. The number of rotatable bonds is 8. The second kappa shape index (κ2) is 13.4. The van der Waals surface area contributed by atoms with Gasteiger partial charge in [0.2, 0.25) is 0 Å². The molecule has 1 aromatic heterocycles. The van der Waals surface area contributed by atoms with Crippen molar-refractivity contribution >= 4 is 5.97 Å². The van der Waals surface area contributed by atoms with E-state index >= 15 is 0 Å². The molecule has 1 fully saturated rings. The molecule has 1 saturated carbocycles. The van der Waals surface area contributed by atoms with Crippen LogP contribution in [0, 0.1) is 0 Å². The summed E-state index contributed by atoms with van der Waals surface area (Å²) in [5, 5.41) is 12.8. The molecule has 1 aliphatic rings. The minimum absolute atomic E-state index is 0.000836. The van der Waals surface area contributed by atoms with Crippen LogP contribution < -0.4 is 5.73 Å². The van der Waals surface area contributed by atoms with Crippen molar-refractivity contribution in [1.29, 1.82) is 0 Å². The molecule has 0 unspecified atom stereocenters. The molecule has 0 amide bonds. The summed E-state index contributed by atoms with van der Waals surface area (Å²) in [5.74, 6) is -1.18. The molecule has 3 aromatic carbocycles. The van der Waals surface area contributed by atoms with E-state index in [2.05, 4.69) is 51.4 Å². The number of nitrogens with two attached hydrogens (primary N) is 1. The van der Waals surface area contributed by atoms with Crippen LogP contribution in [0.3, 0.4) is 0 Å². The Morgan fingerprint density at radius 1 is 0.949 bits per heavy atom. The first-order chi connectivity index (χ1) is 19.1. The number of imidazole rings is 1. The Bertz CT molecular complexity index is 1260. The van der Waals surface area contributed by atoms with Crippen LogP contribution in [0.4, 0.5) is 0 Å². The van der Waals surface area contributed by atoms with Crippen LogP contribution in [0.2, 0.25) is 0 Å². The normalized spacial score (nSPS) is 14.4. The summed E-state index contributed by atoms with van der Waals surface area (Å²) >= 11 is 0. The smallest absolute Gasteiger partial charge is 0.312 e. The lowest BCUT2D eigenvalue weighted by molar-refractivity contribution is -0.138. The third kappa shape index (κ3) is 6.55. The van der Waals surface area contributed by atoms with Gasteiger partial charge in [-0.15, -0.1) is 0 Å². The molecule has 1 heterocycles. The van der Waals surface area contributed by atoms with Crippen LogP contribution >= 0.6 is 0 Å². The zero-order valence-electron chi connectivity index (χ0n) is 21.9. The van der Waals surface area contributed by atoms with Crippen molar-refractivity contribution in [3.63, 3.8) is 0 Å². The topological polar surface area (TPSA) is 130 Å². The van der Waals surface area contributed by atoms with Crippen molar-refractivity contribution in [3.8, 4) is 0 Å². The lowest BCUT2D eigenvalue weighted by atomic mass is 9.77. The van der Waals surface area contributed by atoms with Gasteiger partial charge in [0.25, 0.3) is 0 Å². The minimum atomic E-state index is -1.22. The van der Waals surface area contributed by atoms with E-state index in [1.54, 1.807) is 6.33 Å². The molecule has 0 radical (unpaired) electrons. The third-order valence-electron chi connectivity index (χ3n) is 7.13. The molecule has 0 bridgehead atoms. The fourth-order valence-corrected chi connectivity index (χ4v) is 5.21. The van der Waals surface area contributed by atoms with Crippen LogP contribution in [0.15, 0.2) is 109 Å². The summed E-state index contributed by atoms with van der Waals surface area (Å²) in [4.78, 5) is 18.6.